The number of hydrogen-bond acceptors (Lipinski definition) is 1. The summed E-state index contributed by atoms with van der Waals surface area (Å²) in [7, 11) is 0. The molecule has 0 aliphatic carbocycles. The van der Waals surface area contributed by atoms with E-state index in [-0.39, 0.29) is 0 Å². The van der Waals surface area contributed by atoms with E-state index in [0.29, 0.717) is 0 Å². The van der Waals surface area contributed by atoms with Crippen LogP contribution < -0.4 is 0 Å². The van der Waals surface area contributed by atoms with Crippen molar-refractivity contribution in [3.63, 3.8) is 0 Å². The summed E-state index contributed by atoms with van der Waals surface area (Å²) in [4.78, 5) is 12.1. The maximum absolute atomic E-state index is 5.07. The minimum Gasteiger partial charge on any atom is -0.360 e. The summed E-state index contributed by atoms with van der Waals surface area (Å²) in [5.41, 5.74) is 5.48. The van der Waals surface area contributed by atoms with Crippen LogP contribution in [0.5, 0.6) is 0 Å². The van der Waals surface area contributed by atoms with Gasteiger partial charge in [0, 0.05) is 42.4 Å². The summed E-state index contributed by atoms with van der Waals surface area (Å²) < 4.78 is 2.13. The van der Waals surface area contributed by atoms with Crippen molar-refractivity contribution in [3.8, 4) is 11.4 Å². The highest BCUT2D eigenvalue weighted by atomic mass is 79.9. The zero-order chi connectivity index (χ0) is 19.7. The van der Waals surface area contributed by atoms with Crippen LogP contribution >= 0.6 is 31.9 Å². The van der Waals surface area contributed by atoms with Crippen LogP contribution in [0.4, 0.5) is 0 Å². The molecule has 5 heteroatoms. The number of aromatic nitrogens is 3. The van der Waals surface area contributed by atoms with Gasteiger partial charge < -0.3 is 9.97 Å². The molecule has 0 fully saturated rings. The number of nitrogens with zero attached hydrogens (tertiary/aromatic N) is 1. The van der Waals surface area contributed by atoms with Gasteiger partial charge in [-0.2, -0.15) is 0 Å². The van der Waals surface area contributed by atoms with Crippen molar-refractivity contribution in [2.75, 3.05) is 0 Å². The van der Waals surface area contributed by atoms with E-state index in [9.17, 15) is 0 Å². The Hall–Kier alpha value is -2.63. The molecule has 6 aromatic rings. The van der Waals surface area contributed by atoms with Crippen LogP contribution in [0.1, 0.15) is 5.56 Å². The summed E-state index contributed by atoms with van der Waals surface area (Å²) >= 11 is 7.22. The fourth-order valence-electron chi connectivity index (χ4n) is 4.23. The van der Waals surface area contributed by atoms with E-state index in [1.165, 1.54) is 27.1 Å². The van der Waals surface area contributed by atoms with E-state index in [4.69, 9.17) is 4.98 Å². The van der Waals surface area contributed by atoms with E-state index in [2.05, 4.69) is 97.3 Å². The topological polar surface area (TPSA) is 44.5 Å². The van der Waals surface area contributed by atoms with Gasteiger partial charge in [0.15, 0.2) is 0 Å². The number of H-pyrrole nitrogens is 2. The Labute approximate surface area is 183 Å². The van der Waals surface area contributed by atoms with Gasteiger partial charge in [0.1, 0.15) is 5.82 Å². The number of halogens is 2. The Morgan fingerprint density at radius 1 is 0.759 bits per heavy atom. The summed E-state index contributed by atoms with van der Waals surface area (Å²) in [5.74, 6) is 0.877. The number of nitrogens with one attached hydrogen (secondary N) is 2. The molecule has 2 aromatic heterocycles. The summed E-state index contributed by atoms with van der Waals surface area (Å²) in [6.07, 6.45) is 2.03. The van der Waals surface area contributed by atoms with Crippen molar-refractivity contribution in [2.45, 2.75) is 6.92 Å². The third kappa shape index (κ3) is 2.57. The van der Waals surface area contributed by atoms with Crippen molar-refractivity contribution in [1.29, 1.82) is 0 Å². The number of hydrogen-bond donors (Lipinski definition) is 2. The van der Waals surface area contributed by atoms with Gasteiger partial charge in [-0.1, -0.05) is 55.6 Å². The van der Waals surface area contributed by atoms with Gasteiger partial charge in [0.25, 0.3) is 0 Å². The van der Waals surface area contributed by atoms with Crippen molar-refractivity contribution < 1.29 is 0 Å². The van der Waals surface area contributed by atoms with Gasteiger partial charge in [-0.25, -0.2) is 4.98 Å². The van der Waals surface area contributed by atoms with E-state index in [1.54, 1.807) is 0 Å². The smallest absolute Gasteiger partial charge is 0.140 e. The van der Waals surface area contributed by atoms with Crippen molar-refractivity contribution in [2.24, 2.45) is 0 Å². The lowest BCUT2D eigenvalue weighted by molar-refractivity contribution is 1.34. The largest absolute Gasteiger partial charge is 0.360 e. The molecule has 6 rings (SSSR count). The summed E-state index contributed by atoms with van der Waals surface area (Å²) in [6.45, 7) is 2.13. The van der Waals surface area contributed by atoms with Gasteiger partial charge in [-0.3, -0.25) is 0 Å². The van der Waals surface area contributed by atoms with E-state index >= 15 is 0 Å². The lowest BCUT2D eigenvalue weighted by atomic mass is 9.98. The minimum atomic E-state index is 0.877. The number of benzene rings is 4. The molecule has 0 bridgehead atoms. The first kappa shape index (κ1) is 17.2. The molecule has 0 aliphatic heterocycles. The first-order valence-electron chi connectivity index (χ1n) is 9.37. The fraction of sp³-hybridized carbons (Fsp3) is 0.0417. The molecule has 0 radical (unpaired) electrons. The highest BCUT2D eigenvalue weighted by Crippen LogP contribution is 2.38. The normalized spacial score (nSPS) is 12.0. The fourth-order valence-corrected chi connectivity index (χ4v) is 4.95. The van der Waals surface area contributed by atoms with Gasteiger partial charge in [0.05, 0.1) is 11.0 Å². The Kier molecular flexibility index (Phi) is 3.68. The van der Waals surface area contributed by atoms with Crippen molar-refractivity contribution in [1.82, 2.24) is 15.0 Å². The SMILES string of the molecule is Cc1ccc2c3cc(Br)ccc3c3[nH]c(-c4c[nH]c5ccc(Br)cc45)nc3c2c1. The molecule has 0 aliphatic rings. The van der Waals surface area contributed by atoms with Crippen LogP contribution in [0, 0.1) is 6.92 Å². The molecule has 4 aromatic carbocycles. The Morgan fingerprint density at radius 2 is 1.52 bits per heavy atom. The van der Waals surface area contributed by atoms with Gasteiger partial charge in [-0.15, -0.1) is 0 Å². The first-order chi connectivity index (χ1) is 14.1. The maximum atomic E-state index is 5.07. The number of aryl methyl sites for hydroxylation is 1. The molecule has 0 amide bonds. The molecule has 0 unspecified atom stereocenters. The molecule has 2 N–H and O–H groups in total. The summed E-state index contributed by atoms with van der Waals surface area (Å²) in [6, 6.07) is 19.3. The highest BCUT2D eigenvalue weighted by molar-refractivity contribution is 9.10. The molecule has 2 heterocycles. The second-order valence-corrected chi connectivity index (χ2v) is 9.27. The average molecular weight is 505 g/mol. The average Bonchev–Trinajstić information content (AvgIpc) is 3.32. The van der Waals surface area contributed by atoms with E-state index in [0.717, 1.165) is 42.3 Å². The second-order valence-electron chi connectivity index (χ2n) is 7.44. The number of aromatic amines is 2. The van der Waals surface area contributed by atoms with Crippen LogP contribution in [0.3, 0.4) is 0 Å². The third-order valence-corrected chi connectivity index (χ3v) is 6.56. The lowest BCUT2D eigenvalue weighted by Crippen LogP contribution is -1.83. The quantitative estimate of drug-likeness (QED) is 0.220. The molecule has 0 saturated carbocycles. The molecule has 140 valence electrons. The summed E-state index contributed by atoms with van der Waals surface area (Å²) in [5, 5.41) is 5.94. The van der Waals surface area contributed by atoms with Crippen LogP contribution in [-0.4, -0.2) is 15.0 Å². The van der Waals surface area contributed by atoms with Crippen LogP contribution in [-0.2, 0) is 0 Å². The van der Waals surface area contributed by atoms with Crippen molar-refractivity contribution >= 4 is 75.3 Å². The zero-order valence-electron chi connectivity index (χ0n) is 15.5. The lowest BCUT2D eigenvalue weighted by Gasteiger charge is -2.07. The molecule has 29 heavy (non-hydrogen) atoms. The molecular formula is C24H15Br2N3. The Bertz CT molecular complexity index is 1590. The van der Waals surface area contributed by atoms with Gasteiger partial charge in [-0.05, 0) is 54.1 Å². The third-order valence-electron chi connectivity index (χ3n) is 5.57. The van der Waals surface area contributed by atoms with Gasteiger partial charge in [0.2, 0.25) is 0 Å². The van der Waals surface area contributed by atoms with Crippen LogP contribution in [0.15, 0.2) is 69.7 Å². The molecule has 0 atom stereocenters. The van der Waals surface area contributed by atoms with Gasteiger partial charge >= 0.3 is 0 Å². The second kappa shape index (κ2) is 6.18. The van der Waals surface area contributed by atoms with E-state index < -0.39 is 0 Å². The van der Waals surface area contributed by atoms with Crippen LogP contribution in [0.2, 0.25) is 0 Å². The predicted molar refractivity (Wildman–Crippen MR) is 129 cm³/mol. The number of imidazole rings is 1. The number of fused-ring (bicyclic) bond motifs is 7. The molecule has 3 nitrogen and oxygen atoms in total. The minimum absolute atomic E-state index is 0.877. The Morgan fingerprint density at radius 3 is 2.38 bits per heavy atom. The Balaban J connectivity index is 1.77. The van der Waals surface area contributed by atoms with Crippen molar-refractivity contribution in [3.05, 3.63) is 75.3 Å². The van der Waals surface area contributed by atoms with Crippen LogP contribution in [0.25, 0.3) is 54.9 Å². The first-order valence-corrected chi connectivity index (χ1v) is 11.0. The highest BCUT2D eigenvalue weighted by Gasteiger charge is 2.16. The zero-order valence-corrected chi connectivity index (χ0v) is 18.6. The monoisotopic (exact) mass is 503 g/mol. The molecular weight excluding hydrogens is 490 g/mol. The maximum Gasteiger partial charge on any atom is 0.140 e. The molecule has 0 saturated heterocycles. The van der Waals surface area contributed by atoms with E-state index in [1.807, 2.05) is 12.3 Å². The molecule has 0 spiro atoms. The number of rotatable bonds is 1. The standard InChI is InChI=1S/C24H15Br2N3/c1-12-2-5-15-17-9-13(25)3-6-16(17)22-23(19(15)8-12)29-24(28-22)20-11-27-21-7-4-14(26)10-18(20)21/h2-11,27H,1H3,(H,28,29). The predicted octanol–water partition coefficient (Wildman–Crippen LogP) is 7.85.